The van der Waals surface area contributed by atoms with Gasteiger partial charge in [0.15, 0.2) is 0 Å². The van der Waals surface area contributed by atoms with E-state index in [1.165, 1.54) is 0 Å². The van der Waals surface area contributed by atoms with Crippen LogP contribution in [0.5, 0.6) is 11.5 Å². The van der Waals surface area contributed by atoms with Crippen molar-refractivity contribution < 1.29 is 38.7 Å². The molecule has 8 nitrogen and oxygen atoms in total. The van der Waals surface area contributed by atoms with E-state index in [-0.39, 0.29) is 73.5 Å². The van der Waals surface area contributed by atoms with Crippen molar-refractivity contribution >= 4 is 11.9 Å². The molecule has 2 N–H and O–H groups in total. The highest BCUT2D eigenvalue weighted by Gasteiger charge is 2.19. The summed E-state index contributed by atoms with van der Waals surface area (Å²) in [6.45, 7) is 13.7. The fraction of sp³-hybridized carbons (Fsp3) is 0.562. The third-order valence-electron chi connectivity index (χ3n) is 6.33. The smallest absolute Gasteiger partial charge is 0.306 e. The highest BCUT2D eigenvalue weighted by Crippen LogP contribution is 2.32. The van der Waals surface area contributed by atoms with Gasteiger partial charge < -0.3 is 29.2 Å². The average molecular weight is 559 g/mol. The van der Waals surface area contributed by atoms with Crippen LogP contribution in [-0.4, -0.2) is 61.8 Å². The summed E-state index contributed by atoms with van der Waals surface area (Å²) < 4.78 is 21.3. The Morgan fingerprint density at radius 1 is 0.600 bits per heavy atom. The van der Waals surface area contributed by atoms with Crippen LogP contribution in [0, 0.1) is 0 Å². The van der Waals surface area contributed by atoms with Gasteiger partial charge in [-0.05, 0) is 58.1 Å². The van der Waals surface area contributed by atoms with Crippen molar-refractivity contribution in [1.82, 2.24) is 0 Å². The van der Waals surface area contributed by atoms with E-state index in [1.54, 1.807) is 12.1 Å². The van der Waals surface area contributed by atoms with Crippen LogP contribution >= 0.6 is 0 Å². The molecule has 8 heteroatoms. The Labute approximate surface area is 238 Å². The lowest BCUT2D eigenvalue weighted by Gasteiger charge is -2.21. The van der Waals surface area contributed by atoms with Gasteiger partial charge in [0, 0.05) is 12.8 Å². The van der Waals surface area contributed by atoms with E-state index < -0.39 is 0 Å². The zero-order valence-electron chi connectivity index (χ0n) is 24.9. The lowest BCUT2D eigenvalue weighted by atomic mass is 9.85. The van der Waals surface area contributed by atoms with E-state index >= 15 is 0 Å². The molecule has 0 saturated heterocycles. The molecule has 0 radical (unpaired) electrons. The normalized spacial score (nSPS) is 11.8. The minimum Gasteiger partial charge on any atom is -0.508 e. The Morgan fingerprint density at radius 2 is 0.950 bits per heavy atom. The second-order valence-electron chi connectivity index (χ2n) is 11.9. The van der Waals surface area contributed by atoms with Crippen molar-refractivity contribution in [3.05, 3.63) is 58.7 Å². The maximum atomic E-state index is 12.0. The fourth-order valence-electron chi connectivity index (χ4n) is 4.07. The zero-order valence-corrected chi connectivity index (χ0v) is 24.9. The van der Waals surface area contributed by atoms with Crippen LogP contribution in [0.3, 0.4) is 0 Å². The molecule has 0 atom stereocenters. The van der Waals surface area contributed by atoms with E-state index in [0.29, 0.717) is 26.1 Å². The predicted molar refractivity (Wildman–Crippen MR) is 154 cm³/mol. The first-order chi connectivity index (χ1) is 18.8. The molecular weight excluding hydrogens is 512 g/mol. The molecule has 0 aliphatic heterocycles. The van der Waals surface area contributed by atoms with Crippen LogP contribution in [0.25, 0.3) is 0 Å². The summed E-state index contributed by atoms with van der Waals surface area (Å²) in [6, 6.07) is 10.9. The number of hydrogen-bond donors (Lipinski definition) is 2. The Morgan fingerprint density at radius 3 is 1.30 bits per heavy atom. The van der Waals surface area contributed by atoms with Crippen molar-refractivity contribution in [2.45, 2.75) is 78.1 Å². The number of phenols is 2. The van der Waals surface area contributed by atoms with Crippen molar-refractivity contribution in [2.24, 2.45) is 0 Å². The first-order valence-electron chi connectivity index (χ1n) is 13.9. The molecule has 2 aromatic rings. The second kappa shape index (κ2) is 15.6. The predicted octanol–water partition coefficient (Wildman–Crippen LogP) is 5.38. The van der Waals surface area contributed by atoms with Gasteiger partial charge in [0.2, 0.25) is 0 Å². The standard InChI is InChI=1S/C32H46O8/c1-31(2,3)25-21-23(7-11-27(25)33)9-13-29(35)39-19-17-37-15-16-38-18-20-40-30(36)14-10-24-8-12-28(34)26(22-24)32(4,5)6/h7-8,11-12,21-22,33-34H,9-10,13-20H2,1-6H3. The van der Waals surface area contributed by atoms with Crippen molar-refractivity contribution in [2.75, 3.05) is 39.6 Å². The molecule has 0 spiro atoms. The van der Waals surface area contributed by atoms with E-state index in [4.69, 9.17) is 18.9 Å². The van der Waals surface area contributed by atoms with Gasteiger partial charge in [0.25, 0.3) is 0 Å². The summed E-state index contributed by atoms with van der Waals surface area (Å²) in [6.07, 6.45) is 1.58. The number of rotatable bonds is 15. The number of carbonyl (C=O) groups excluding carboxylic acids is 2. The Kier molecular flexibility index (Phi) is 12.9. The van der Waals surface area contributed by atoms with Crippen LogP contribution in [-0.2, 0) is 52.2 Å². The van der Waals surface area contributed by atoms with E-state index in [9.17, 15) is 19.8 Å². The molecule has 0 amide bonds. The number of benzene rings is 2. The highest BCUT2D eigenvalue weighted by atomic mass is 16.6. The van der Waals surface area contributed by atoms with Crippen LogP contribution in [0.4, 0.5) is 0 Å². The molecule has 0 aliphatic carbocycles. The van der Waals surface area contributed by atoms with Crippen LogP contribution in [0.1, 0.15) is 76.6 Å². The molecule has 0 bridgehead atoms. The summed E-state index contributed by atoms with van der Waals surface area (Å²) in [4.78, 5) is 24.0. The maximum absolute atomic E-state index is 12.0. The van der Waals surface area contributed by atoms with Gasteiger partial charge in [-0.15, -0.1) is 0 Å². The third kappa shape index (κ3) is 12.0. The van der Waals surface area contributed by atoms with E-state index in [1.807, 2.05) is 65.8 Å². The first kappa shape index (κ1) is 33.1. The van der Waals surface area contributed by atoms with Crippen LogP contribution < -0.4 is 0 Å². The molecule has 0 saturated carbocycles. The number of aryl methyl sites for hydroxylation is 2. The number of carbonyl (C=O) groups is 2. The van der Waals surface area contributed by atoms with Gasteiger partial charge in [0.1, 0.15) is 24.7 Å². The maximum Gasteiger partial charge on any atom is 0.306 e. The molecule has 222 valence electrons. The number of aromatic hydroxyl groups is 2. The molecule has 0 fully saturated rings. The summed E-state index contributed by atoms with van der Waals surface area (Å²) in [5.41, 5.74) is 3.30. The first-order valence-corrected chi connectivity index (χ1v) is 13.9. The Hall–Kier alpha value is -3.10. The number of phenolic OH excluding ortho intramolecular Hbond substituents is 2. The van der Waals surface area contributed by atoms with Crippen LogP contribution in [0.2, 0.25) is 0 Å². The van der Waals surface area contributed by atoms with Gasteiger partial charge >= 0.3 is 11.9 Å². The van der Waals surface area contributed by atoms with Crippen molar-refractivity contribution in [3.8, 4) is 11.5 Å². The molecule has 2 aromatic carbocycles. The van der Waals surface area contributed by atoms with Crippen molar-refractivity contribution in [3.63, 3.8) is 0 Å². The van der Waals surface area contributed by atoms with Gasteiger partial charge in [-0.3, -0.25) is 9.59 Å². The fourth-order valence-corrected chi connectivity index (χ4v) is 4.07. The summed E-state index contributed by atoms with van der Waals surface area (Å²) in [7, 11) is 0. The minimum absolute atomic E-state index is 0.164. The zero-order chi connectivity index (χ0) is 29.8. The summed E-state index contributed by atoms with van der Waals surface area (Å²) >= 11 is 0. The average Bonchev–Trinajstić information content (AvgIpc) is 2.87. The SMILES string of the molecule is CC(C)(C)c1cc(CCC(=O)OCCOCCOCCOC(=O)CCc2ccc(O)c(C(C)(C)C)c2)ccc1O. The molecule has 2 rings (SSSR count). The number of hydrogen-bond acceptors (Lipinski definition) is 8. The minimum atomic E-state index is -0.299. The number of esters is 2. The van der Waals surface area contributed by atoms with Gasteiger partial charge in [-0.1, -0.05) is 65.8 Å². The van der Waals surface area contributed by atoms with Crippen LogP contribution in [0.15, 0.2) is 36.4 Å². The highest BCUT2D eigenvalue weighted by molar-refractivity contribution is 5.70. The molecule has 0 heterocycles. The van der Waals surface area contributed by atoms with Gasteiger partial charge in [-0.2, -0.15) is 0 Å². The monoisotopic (exact) mass is 558 g/mol. The topological polar surface area (TPSA) is 112 Å². The lowest BCUT2D eigenvalue weighted by Crippen LogP contribution is -2.15. The Bertz CT molecular complexity index is 1010. The van der Waals surface area contributed by atoms with E-state index in [0.717, 1.165) is 22.3 Å². The second-order valence-corrected chi connectivity index (χ2v) is 11.9. The molecular formula is C32H46O8. The Balaban J connectivity index is 1.48. The van der Waals surface area contributed by atoms with Gasteiger partial charge in [0.05, 0.1) is 26.4 Å². The summed E-state index contributed by atoms with van der Waals surface area (Å²) in [5.74, 6) is -0.0745. The number of ether oxygens (including phenoxy) is 4. The lowest BCUT2D eigenvalue weighted by molar-refractivity contribution is -0.146. The molecule has 40 heavy (non-hydrogen) atoms. The largest absolute Gasteiger partial charge is 0.508 e. The molecule has 0 aliphatic rings. The third-order valence-corrected chi connectivity index (χ3v) is 6.33. The summed E-state index contributed by atoms with van der Waals surface area (Å²) in [5, 5.41) is 20.1. The quantitative estimate of drug-likeness (QED) is 0.221. The van der Waals surface area contributed by atoms with Gasteiger partial charge in [-0.25, -0.2) is 0 Å². The molecule has 0 aromatic heterocycles. The molecule has 0 unspecified atom stereocenters. The van der Waals surface area contributed by atoms with E-state index in [2.05, 4.69) is 0 Å². The van der Waals surface area contributed by atoms with Crippen molar-refractivity contribution in [1.29, 1.82) is 0 Å².